The van der Waals surface area contributed by atoms with E-state index in [2.05, 4.69) is 19.9 Å². The number of amides is 2. The van der Waals surface area contributed by atoms with Gasteiger partial charge >= 0.3 is 0 Å². The summed E-state index contributed by atoms with van der Waals surface area (Å²) < 4.78 is -0.189. The molecule has 4 rings (SSSR count). The molecule has 2 aliphatic rings. The molecule has 0 aromatic heterocycles. The average Bonchev–Trinajstić information content (AvgIpc) is 3.03. The molecule has 0 aliphatic carbocycles. The van der Waals surface area contributed by atoms with E-state index in [-0.39, 0.29) is 16.6 Å². The van der Waals surface area contributed by atoms with Crippen LogP contribution in [0.3, 0.4) is 0 Å². The Morgan fingerprint density at radius 1 is 1.15 bits per heavy atom. The largest absolute Gasteiger partial charge is 0.315 e. The van der Waals surface area contributed by atoms with Crippen LogP contribution < -0.4 is 4.90 Å². The second-order valence-corrected chi connectivity index (χ2v) is 9.91. The lowest BCUT2D eigenvalue weighted by Gasteiger charge is -2.32. The zero-order chi connectivity index (χ0) is 19.4. The van der Waals surface area contributed by atoms with E-state index in [1.807, 2.05) is 54.3 Å². The van der Waals surface area contributed by atoms with Gasteiger partial charge in [0.15, 0.2) is 4.87 Å². The number of aryl methyl sites for hydroxylation is 1. The van der Waals surface area contributed by atoms with E-state index in [1.54, 1.807) is 23.6 Å². The highest BCUT2D eigenvalue weighted by atomic mass is 32.2. The summed E-state index contributed by atoms with van der Waals surface area (Å²) in [6.07, 6.45) is 0. The van der Waals surface area contributed by atoms with Gasteiger partial charge in [-0.2, -0.15) is 0 Å². The van der Waals surface area contributed by atoms with Gasteiger partial charge in [0.25, 0.3) is 5.91 Å². The number of carbonyl (C=O) groups is 2. The quantitative estimate of drug-likeness (QED) is 0.789. The number of anilines is 1. The molecule has 1 fully saturated rings. The molecule has 2 heterocycles. The molecule has 1 spiro atoms. The molecular weight excluding hydrogens is 356 g/mol. The zero-order valence-corrected chi connectivity index (χ0v) is 17.0. The first-order chi connectivity index (χ1) is 12.7. The van der Waals surface area contributed by atoms with Crippen LogP contribution in [0.4, 0.5) is 5.69 Å². The predicted octanol–water partition coefficient (Wildman–Crippen LogP) is 4.07. The summed E-state index contributed by atoms with van der Waals surface area (Å²) in [4.78, 5) is 29.0. The van der Waals surface area contributed by atoms with Crippen molar-refractivity contribution in [2.75, 3.05) is 11.4 Å². The molecule has 2 amide bonds. The SMILES string of the molecule is CC(=O)N1CC(C)(C)SC12C(=O)N(Cc1ccccc1)c1ccc(C)cc12. The molecule has 1 unspecified atom stereocenters. The van der Waals surface area contributed by atoms with E-state index in [0.29, 0.717) is 13.1 Å². The fraction of sp³-hybridized carbons (Fsp3) is 0.364. The second kappa shape index (κ2) is 6.13. The van der Waals surface area contributed by atoms with Crippen LogP contribution in [-0.2, 0) is 21.0 Å². The van der Waals surface area contributed by atoms with Crippen molar-refractivity contribution < 1.29 is 9.59 Å². The molecule has 5 heteroatoms. The lowest BCUT2D eigenvalue weighted by atomic mass is 10.0. The van der Waals surface area contributed by atoms with Gasteiger partial charge < -0.3 is 9.80 Å². The van der Waals surface area contributed by atoms with E-state index in [1.165, 1.54) is 0 Å². The number of nitrogens with zero attached hydrogens (tertiary/aromatic N) is 2. The number of hydrogen-bond donors (Lipinski definition) is 0. The van der Waals surface area contributed by atoms with Crippen molar-refractivity contribution in [3.05, 3.63) is 65.2 Å². The number of hydrogen-bond acceptors (Lipinski definition) is 3. The molecule has 2 aliphatic heterocycles. The Balaban J connectivity index is 1.88. The molecule has 0 bridgehead atoms. The molecule has 4 nitrogen and oxygen atoms in total. The van der Waals surface area contributed by atoms with E-state index in [4.69, 9.17) is 0 Å². The number of benzene rings is 2. The third kappa shape index (κ3) is 2.76. The normalized spacial score (nSPS) is 23.2. The maximum atomic E-state index is 13.8. The summed E-state index contributed by atoms with van der Waals surface area (Å²) in [5.41, 5.74) is 4.02. The van der Waals surface area contributed by atoms with Crippen molar-refractivity contribution in [2.24, 2.45) is 0 Å². The maximum Gasteiger partial charge on any atom is 0.268 e. The van der Waals surface area contributed by atoms with Crippen LogP contribution in [0.25, 0.3) is 0 Å². The minimum Gasteiger partial charge on any atom is -0.315 e. The highest BCUT2D eigenvalue weighted by Crippen LogP contribution is 2.59. The third-order valence-electron chi connectivity index (χ3n) is 5.25. The molecule has 2 aromatic carbocycles. The molecule has 140 valence electrons. The van der Waals surface area contributed by atoms with Gasteiger partial charge in [-0.05, 0) is 32.4 Å². The number of fused-ring (bicyclic) bond motifs is 2. The molecule has 0 saturated carbocycles. The van der Waals surface area contributed by atoms with Crippen molar-refractivity contribution in [2.45, 2.75) is 43.9 Å². The average molecular weight is 381 g/mol. The third-order valence-corrected chi connectivity index (χ3v) is 6.84. The van der Waals surface area contributed by atoms with E-state index >= 15 is 0 Å². The van der Waals surface area contributed by atoms with E-state index in [9.17, 15) is 9.59 Å². The van der Waals surface area contributed by atoms with Crippen molar-refractivity contribution in [1.29, 1.82) is 0 Å². The van der Waals surface area contributed by atoms with Gasteiger partial charge in [-0.15, -0.1) is 11.8 Å². The van der Waals surface area contributed by atoms with Gasteiger partial charge in [0.1, 0.15) is 0 Å². The molecule has 2 aromatic rings. The summed E-state index contributed by atoms with van der Waals surface area (Å²) in [6, 6.07) is 16.1. The van der Waals surface area contributed by atoms with E-state index in [0.717, 1.165) is 22.4 Å². The second-order valence-electron chi connectivity index (χ2n) is 8.01. The Labute approximate surface area is 164 Å². The van der Waals surface area contributed by atoms with Gasteiger partial charge in [-0.1, -0.05) is 48.0 Å². The van der Waals surface area contributed by atoms with Crippen molar-refractivity contribution in [1.82, 2.24) is 4.90 Å². The summed E-state index contributed by atoms with van der Waals surface area (Å²) in [5.74, 6) is -0.0758. The van der Waals surface area contributed by atoms with Crippen LogP contribution in [0, 0.1) is 6.92 Å². The molecule has 1 atom stereocenters. The van der Waals surface area contributed by atoms with Crippen LogP contribution in [-0.4, -0.2) is 28.0 Å². The molecular formula is C22H24N2O2S. The lowest BCUT2D eigenvalue weighted by molar-refractivity contribution is -0.138. The first-order valence-corrected chi connectivity index (χ1v) is 10.0. The maximum absolute atomic E-state index is 13.8. The van der Waals surface area contributed by atoms with Crippen LogP contribution in [0.1, 0.15) is 37.5 Å². The van der Waals surface area contributed by atoms with Gasteiger partial charge in [-0.25, -0.2) is 0 Å². The Hall–Kier alpha value is -2.27. The monoisotopic (exact) mass is 380 g/mol. The predicted molar refractivity (Wildman–Crippen MR) is 110 cm³/mol. The Morgan fingerprint density at radius 2 is 1.85 bits per heavy atom. The van der Waals surface area contributed by atoms with Crippen LogP contribution >= 0.6 is 11.8 Å². The fourth-order valence-electron chi connectivity index (χ4n) is 4.16. The molecule has 27 heavy (non-hydrogen) atoms. The van der Waals surface area contributed by atoms with Crippen LogP contribution in [0.15, 0.2) is 48.5 Å². The van der Waals surface area contributed by atoms with Crippen LogP contribution in [0.2, 0.25) is 0 Å². The summed E-state index contributed by atoms with van der Waals surface area (Å²) in [6.45, 7) is 8.86. The standard InChI is InChI=1S/C22H24N2O2S/c1-15-10-11-19-18(12-15)22(24(16(2)25)14-21(3,4)27-22)20(26)23(19)13-17-8-6-5-7-9-17/h5-12H,13-14H2,1-4H3. The van der Waals surface area contributed by atoms with Gasteiger partial charge in [0.05, 0.1) is 12.2 Å². The fourth-order valence-corrected chi connectivity index (χ4v) is 5.93. The lowest BCUT2D eigenvalue weighted by Crippen LogP contribution is -2.49. The number of carbonyl (C=O) groups excluding carboxylic acids is 2. The van der Waals surface area contributed by atoms with Crippen molar-refractivity contribution in [3.63, 3.8) is 0 Å². The van der Waals surface area contributed by atoms with Crippen LogP contribution in [0.5, 0.6) is 0 Å². The Morgan fingerprint density at radius 3 is 2.52 bits per heavy atom. The van der Waals surface area contributed by atoms with Gasteiger partial charge in [0.2, 0.25) is 5.91 Å². The highest BCUT2D eigenvalue weighted by Gasteiger charge is 2.63. The topological polar surface area (TPSA) is 40.6 Å². The first-order valence-electron chi connectivity index (χ1n) is 9.20. The zero-order valence-electron chi connectivity index (χ0n) is 16.2. The minimum atomic E-state index is -0.967. The molecule has 0 N–H and O–H groups in total. The first kappa shape index (κ1) is 18.1. The summed E-state index contributed by atoms with van der Waals surface area (Å²) in [5, 5.41) is 0. The molecule has 0 radical (unpaired) electrons. The van der Waals surface area contributed by atoms with Gasteiger partial charge in [0, 0.05) is 23.8 Å². The smallest absolute Gasteiger partial charge is 0.268 e. The summed E-state index contributed by atoms with van der Waals surface area (Å²) in [7, 11) is 0. The van der Waals surface area contributed by atoms with Gasteiger partial charge in [-0.3, -0.25) is 9.59 Å². The van der Waals surface area contributed by atoms with Crippen molar-refractivity contribution >= 4 is 29.3 Å². The summed E-state index contributed by atoms with van der Waals surface area (Å²) >= 11 is 1.60. The Kier molecular flexibility index (Phi) is 4.11. The number of rotatable bonds is 2. The molecule has 1 saturated heterocycles. The number of thioether (sulfide) groups is 1. The Bertz CT molecular complexity index is 925. The highest BCUT2D eigenvalue weighted by molar-refractivity contribution is 8.02. The van der Waals surface area contributed by atoms with E-state index < -0.39 is 4.87 Å². The minimum absolute atomic E-state index is 0.0160. The van der Waals surface area contributed by atoms with Crippen molar-refractivity contribution in [3.8, 4) is 0 Å².